The first-order valence-electron chi connectivity index (χ1n) is 7.85. The van der Waals surface area contributed by atoms with E-state index in [1.807, 2.05) is 6.92 Å². The smallest absolute Gasteiger partial charge is 0.266 e. The van der Waals surface area contributed by atoms with Gasteiger partial charge >= 0.3 is 0 Å². The van der Waals surface area contributed by atoms with Gasteiger partial charge in [-0.05, 0) is 55.4 Å². The largest absolute Gasteiger partial charge is 0.345 e. The molecule has 1 heterocycles. The average Bonchev–Trinajstić information content (AvgIpc) is 2.56. The first-order chi connectivity index (χ1) is 11.0. The van der Waals surface area contributed by atoms with Crippen molar-refractivity contribution in [1.82, 2.24) is 10.3 Å². The van der Waals surface area contributed by atoms with E-state index in [1.165, 1.54) is 36.2 Å². The van der Waals surface area contributed by atoms with E-state index in [-0.39, 0.29) is 17.0 Å². The zero-order valence-electron chi connectivity index (χ0n) is 13.0. The minimum atomic E-state index is -0.397. The van der Waals surface area contributed by atoms with E-state index in [4.69, 9.17) is 11.6 Å². The zero-order chi connectivity index (χ0) is 16.4. The van der Waals surface area contributed by atoms with E-state index in [0.717, 1.165) is 18.4 Å². The van der Waals surface area contributed by atoms with Crippen molar-refractivity contribution in [3.63, 3.8) is 0 Å². The van der Waals surface area contributed by atoms with Crippen LogP contribution in [0.4, 0.5) is 0 Å². The zero-order valence-corrected chi connectivity index (χ0v) is 13.7. The van der Waals surface area contributed by atoms with Gasteiger partial charge in [0.25, 0.3) is 11.5 Å². The third-order valence-corrected chi connectivity index (χ3v) is 4.62. The molecule has 1 aliphatic carbocycles. The molecule has 1 amide bonds. The lowest BCUT2D eigenvalue weighted by atomic mass is 9.89. The van der Waals surface area contributed by atoms with Gasteiger partial charge in [-0.3, -0.25) is 9.59 Å². The fourth-order valence-electron chi connectivity index (χ4n) is 2.97. The number of halogens is 1. The van der Waals surface area contributed by atoms with E-state index in [2.05, 4.69) is 28.5 Å². The third kappa shape index (κ3) is 3.48. The maximum atomic E-state index is 12.3. The fraction of sp³-hybridized carbons (Fsp3) is 0.333. The number of carbonyl (C=O) groups excluding carboxylic acids is 1. The van der Waals surface area contributed by atoms with Gasteiger partial charge in [0, 0.05) is 6.20 Å². The molecule has 1 atom stereocenters. The molecule has 1 aliphatic rings. The van der Waals surface area contributed by atoms with Gasteiger partial charge in [0.2, 0.25) is 0 Å². The third-order valence-electron chi connectivity index (χ3n) is 4.34. The molecule has 0 radical (unpaired) electrons. The Kier molecular flexibility index (Phi) is 4.53. The van der Waals surface area contributed by atoms with Crippen LogP contribution in [0.1, 0.15) is 52.9 Å². The highest BCUT2D eigenvalue weighted by atomic mass is 35.5. The molecule has 0 unspecified atom stereocenters. The number of aryl methyl sites for hydroxylation is 2. The number of rotatable bonds is 3. The van der Waals surface area contributed by atoms with E-state index < -0.39 is 5.56 Å². The number of aromatic nitrogens is 1. The summed E-state index contributed by atoms with van der Waals surface area (Å²) in [6.07, 6.45) is 6.12. The summed E-state index contributed by atoms with van der Waals surface area (Å²) in [5.41, 5.74) is 3.85. The van der Waals surface area contributed by atoms with E-state index >= 15 is 0 Å². The molecule has 0 fully saturated rings. The molecule has 23 heavy (non-hydrogen) atoms. The van der Waals surface area contributed by atoms with Gasteiger partial charge in [-0.25, -0.2) is 0 Å². The number of nitrogens with one attached hydrogen (secondary N) is 2. The minimum Gasteiger partial charge on any atom is -0.345 e. The van der Waals surface area contributed by atoms with Gasteiger partial charge in [0.1, 0.15) is 5.02 Å². The second kappa shape index (κ2) is 6.59. The number of carbonyl (C=O) groups is 1. The number of amides is 1. The van der Waals surface area contributed by atoms with Crippen LogP contribution in [0, 0.1) is 0 Å². The molecule has 4 nitrogen and oxygen atoms in total. The molecule has 0 bridgehead atoms. The summed E-state index contributed by atoms with van der Waals surface area (Å²) >= 11 is 5.77. The summed E-state index contributed by atoms with van der Waals surface area (Å²) < 4.78 is 0. The Morgan fingerprint density at radius 2 is 1.96 bits per heavy atom. The number of fused-ring (bicyclic) bond motifs is 1. The molecule has 0 saturated carbocycles. The van der Waals surface area contributed by atoms with Gasteiger partial charge in [-0.1, -0.05) is 29.8 Å². The molecule has 5 heteroatoms. The number of hydrogen-bond donors (Lipinski definition) is 2. The highest BCUT2D eigenvalue weighted by Crippen LogP contribution is 2.24. The highest BCUT2D eigenvalue weighted by molar-refractivity contribution is 6.30. The van der Waals surface area contributed by atoms with Gasteiger partial charge in [0.15, 0.2) is 0 Å². The molecule has 1 aromatic heterocycles. The van der Waals surface area contributed by atoms with Crippen LogP contribution >= 0.6 is 11.6 Å². The standard InChI is InChI=1S/C18H19ClN2O2/c1-11(13-7-6-12-4-2-3-5-14(12)8-13)21-17(22)15-9-16(19)18(23)20-10-15/h6-11H,2-5H2,1H3,(H,20,23)(H,21,22)/t11-/m0/s1. The Morgan fingerprint density at radius 1 is 1.22 bits per heavy atom. The van der Waals surface area contributed by atoms with Crippen LogP contribution in [-0.2, 0) is 12.8 Å². The van der Waals surface area contributed by atoms with E-state index in [9.17, 15) is 9.59 Å². The van der Waals surface area contributed by atoms with E-state index in [0.29, 0.717) is 5.56 Å². The van der Waals surface area contributed by atoms with Crippen molar-refractivity contribution in [2.24, 2.45) is 0 Å². The summed E-state index contributed by atoms with van der Waals surface area (Å²) in [7, 11) is 0. The molecular formula is C18H19ClN2O2. The van der Waals surface area contributed by atoms with Gasteiger partial charge < -0.3 is 10.3 Å². The molecule has 1 aromatic carbocycles. The van der Waals surface area contributed by atoms with Crippen molar-refractivity contribution in [3.8, 4) is 0 Å². The summed E-state index contributed by atoms with van der Waals surface area (Å²) in [6.45, 7) is 1.95. The first-order valence-corrected chi connectivity index (χ1v) is 8.23. The second-order valence-electron chi connectivity index (χ2n) is 6.00. The van der Waals surface area contributed by atoms with Crippen LogP contribution in [-0.4, -0.2) is 10.9 Å². The SMILES string of the molecule is C[C@H](NC(=O)c1c[nH]c(=O)c(Cl)c1)c1ccc2c(c1)CCCC2. The highest BCUT2D eigenvalue weighted by Gasteiger charge is 2.15. The van der Waals surface area contributed by atoms with Crippen molar-refractivity contribution in [2.75, 3.05) is 0 Å². The Morgan fingerprint density at radius 3 is 2.70 bits per heavy atom. The molecule has 2 aromatic rings. The van der Waals surface area contributed by atoms with Crippen LogP contribution in [0.2, 0.25) is 5.02 Å². The van der Waals surface area contributed by atoms with Crippen LogP contribution in [0.25, 0.3) is 0 Å². The summed E-state index contributed by atoms with van der Waals surface area (Å²) in [6, 6.07) is 7.72. The Hall–Kier alpha value is -2.07. The maximum Gasteiger partial charge on any atom is 0.266 e. The normalized spacial score (nSPS) is 14.9. The lowest BCUT2D eigenvalue weighted by Gasteiger charge is -2.20. The predicted molar refractivity (Wildman–Crippen MR) is 91.0 cm³/mol. The fourth-order valence-corrected chi connectivity index (χ4v) is 3.15. The average molecular weight is 331 g/mol. The van der Waals surface area contributed by atoms with Crippen molar-refractivity contribution < 1.29 is 4.79 Å². The maximum absolute atomic E-state index is 12.3. The van der Waals surface area contributed by atoms with Crippen molar-refractivity contribution in [3.05, 3.63) is 68.1 Å². The summed E-state index contributed by atoms with van der Waals surface area (Å²) in [5.74, 6) is -0.256. The topological polar surface area (TPSA) is 62.0 Å². The van der Waals surface area contributed by atoms with Crippen molar-refractivity contribution in [1.29, 1.82) is 0 Å². The number of pyridine rings is 1. The lowest BCUT2D eigenvalue weighted by Crippen LogP contribution is -2.27. The number of aromatic amines is 1. The predicted octanol–water partition coefficient (Wildman–Crippen LogP) is 3.40. The lowest BCUT2D eigenvalue weighted by molar-refractivity contribution is 0.0939. The van der Waals surface area contributed by atoms with Gasteiger partial charge in [-0.15, -0.1) is 0 Å². The summed E-state index contributed by atoms with van der Waals surface area (Å²) in [5, 5.41) is 2.96. The van der Waals surface area contributed by atoms with Crippen LogP contribution < -0.4 is 10.9 Å². The minimum absolute atomic E-state index is 0.0130. The monoisotopic (exact) mass is 330 g/mol. The van der Waals surface area contributed by atoms with Crippen molar-refractivity contribution >= 4 is 17.5 Å². The Balaban J connectivity index is 1.75. The molecule has 2 N–H and O–H groups in total. The first kappa shape index (κ1) is 15.8. The Bertz CT molecular complexity index is 798. The van der Waals surface area contributed by atoms with Crippen LogP contribution in [0.15, 0.2) is 35.3 Å². The molecule has 3 rings (SSSR count). The molecule has 0 aliphatic heterocycles. The van der Waals surface area contributed by atoms with Gasteiger partial charge in [-0.2, -0.15) is 0 Å². The molecule has 120 valence electrons. The molecular weight excluding hydrogens is 312 g/mol. The molecule has 0 saturated heterocycles. The van der Waals surface area contributed by atoms with E-state index in [1.54, 1.807) is 0 Å². The quantitative estimate of drug-likeness (QED) is 0.906. The van der Waals surface area contributed by atoms with Crippen LogP contribution in [0.3, 0.4) is 0 Å². The number of H-pyrrole nitrogens is 1. The van der Waals surface area contributed by atoms with Gasteiger partial charge in [0.05, 0.1) is 11.6 Å². The molecule has 0 spiro atoms. The number of hydrogen-bond acceptors (Lipinski definition) is 2. The second-order valence-corrected chi connectivity index (χ2v) is 6.40. The van der Waals surface area contributed by atoms with Crippen LogP contribution in [0.5, 0.6) is 0 Å². The number of benzene rings is 1. The Labute approximate surface area is 139 Å². The van der Waals surface area contributed by atoms with Crippen molar-refractivity contribution in [2.45, 2.75) is 38.6 Å². The summed E-state index contributed by atoms with van der Waals surface area (Å²) in [4.78, 5) is 26.0.